The maximum absolute atomic E-state index is 12.2. The summed E-state index contributed by atoms with van der Waals surface area (Å²) in [5.74, 6) is 0. The van der Waals surface area contributed by atoms with Gasteiger partial charge in [-0.2, -0.15) is 5.26 Å². The average molecular weight is 274 g/mol. The van der Waals surface area contributed by atoms with Crippen LogP contribution in [0.25, 0.3) is 0 Å². The molecule has 2 amide bonds. The van der Waals surface area contributed by atoms with Crippen LogP contribution in [0.3, 0.4) is 0 Å². The molecular formula is C14H18N4O2. The topological polar surface area (TPSA) is 78.2 Å². The van der Waals surface area contributed by atoms with Crippen LogP contribution in [0.15, 0.2) is 24.5 Å². The van der Waals surface area contributed by atoms with E-state index in [9.17, 15) is 4.79 Å². The summed E-state index contributed by atoms with van der Waals surface area (Å²) in [6.07, 6.45) is 4.57. The van der Waals surface area contributed by atoms with Crippen LogP contribution >= 0.6 is 0 Å². The lowest BCUT2D eigenvalue weighted by Crippen LogP contribution is -2.45. The highest BCUT2D eigenvalue weighted by atomic mass is 16.5. The molecule has 1 aromatic rings. The van der Waals surface area contributed by atoms with Gasteiger partial charge in [-0.25, -0.2) is 4.79 Å². The number of pyridine rings is 1. The molecule has 0 saturated carbocycles. The van der Waals surface area contributed by atoms with E-state index in [2.05, 4.69) is 16.4 Å². The van der Waals surface area contributed by atoms with Gasteiger partial charge in [0.15, 0.2) is 0 Å². The fourth-order valence-electron chi connectivity index (χ4n) is 2.06. The molecule has 0 aromatic carbocycles. The highest BCUT2D eigenvalue weighted by Crippen LogP contribution is 2.07. The van der Waals surface area contributed by atoms with E-state index in [1.54, 1.807) is 17.3 Å². The zero-order valence-corrected chi connectivity index (χ0v) is 11.3. The van der Waals surface area contributed by atoms with E-state index in [1.807, 2.05) is 12.1 Å². The molecule has 6 heteroatoms. The van der Waals surface area contributed by atoms with Gasteiger partial charge in [-0.1, -0.05) is 6.07 Å². The zero-order chi connectivity index (χ0) is 14.2. The fraction of sp³-hybridized carbons (Fsp3) is 0.500. The van der Waals surface area contributed by atoms with E-state index in [-0.39, 0.29) is 12.1 Å². The molecule has 1 unspecified atom stereocenters. The van der Waals surface area contributed by atoms with E-state index in [4.69, 9.17) is 10.00 Å². The second-order valence-corrected chi connectivity index (χ2v) is 4.70. The first-order valence-corrected chi connectivity index (χ1v) is 6.68. The Kier molecular flexibility index (Phi) is 5.33. The minimum atomic E-state index is -0.153. The Bertz CT molecular complexity index is 466. The van der Waals surface area contributed by atoms with Crippen LogP contribution in [0.1, 0.15) is 18.4 Å². The number of nitrogens with zero attached hydrogens (tertiary/aromatic N) is 3. The molecule has 20 heavy (non-hydrogen) atoms. The minimum absolute atomic E-state index is 0.0704. The molecule has 1 saturated heterocycles. The molecule has 1 aliphatic heterocycles. The third-order valence-corrected chi connectivity index (χ3v) is 3.13. The van der Waals surface area contributed by atoms with E-state index in [1.165, 1.54) is 0 Å². The molecule has 1 fully saturated rings. The predicted octanol–water partition coefficient (Wildman–Crippen LogP) is 1.30. The molecule has 106 valence electrons. The van der Waals surface area contributed by atoms with Crippen molar-refractivity contribution in [1.82, 2.24) is 15.2 Å². The van der Waals surface area contributed by atoms with Crippen LogP contribution in [0, 0.1) is 11.3 Å². The summed E-state index contributed by atoms with van der Waals surface area (Å²) in [5, 5.41) is 11.6. The van der Waals surface area contributed by atoms with Gasteiger partial charge in [0.05, 0.1) is 25.1 Å². The lowest BCUT2D eigenvalue weighted by Gasteiger charge is -2.23. The van der Waals surface area contributed by atoms with Crippen molar-refractivity contribution in [2.24, 2.45) is 0 Å². The number of hydrogen-bond acceptors (Lipinski definition) is 4. The standard InChI is InChI=1S/C14H18N4O2/c15-5-2-7-18(10-12-3-1-6-16-9-12)14(19)17-13-4-8-20-11-13/h1,3,6,9,13H,2,4,7-8,10-11H2,(H,17,19). The normalized spacial score (nSPS) is 17.4. The van der Waals surface area contributed by atoms with Gasteiger partial charge in [0.25, 0.3) is 0 Å². The van der Waals surface area contributed by atoms with Gasteiger partial charge in [-0.05, 0) is 18.1 Å². The van der Waals surface area contributed by atoms with Gasteiger partial charge >= 0.3 is 6.03 Å². The summed E-state index contributed by atoms with van der Waals surface area (Å²) in [5.41, 5.74) is 0.947. The predicted molar refractivity (Wildman–Crippen MR) is 72.6 cm³/mol. The maximum Gasteiger partial charge on any atom is 0.318 e. The van der Waals surface area contributed by atoms with E-state index < -0.39 is 0 Å². The molecular weight excluding hydrogens is 256 g/mol. The summed E-state index contributed by atoms with van der Waals surface area (Å²) in [6.45, 7) is 2.11. The SMILES string of the molecule is N#CCCN(Cc1cccnc1)C(=O)NC1CCOC1. The van der Waals surface area contributed by atoms with Crippen molar-refractivity contribution in [1.29, 1.82) is 5.26 Å². The molecule has 0 spiro atoms. The van der Waals surface area contributed by atoms with E-state index in [0.717, 1.165) is 12.0 Å². The van der Waals surface area contributed by atoms with Crippen molar-refractivity contribution in [3.8, 4) is 6.07 Å². The Morgan fingerprint density at radius 1 is 1.65 bits per heavy atom. The Balaban J connectivity index is 1.95. The fourth-order valence-corrected chi connectivity index (χ4v) is 2.06. The zero-order valence-electron chi connectivity index (χ0n) is 11.3. The van der Waals surface area contributed by atoms with Gasteiger partial charge < -0.3 is 15.0 Å². The second kappa shape index (κ2) is 7.46. The molecule has 0 aliphatic carbocycles. The number of nitriles is 1. The molecule has 0 radical (unpaired) electrons. The van der Waals surface area contributed by atoms with Gasteiger partial charge in [0.2, 0.25) is 0 Å². The highest BCUT2D eigenvalue weighted by molar-refractivity contribution is 5.74. The second-order valence-electron chi connectivity index (χ2n) is 4.70. The number of hydrogen-bond donors (Lipinski definition) is 1. The molecule has 0 bridgehead atoms. The number of rotatable bonds is 5. The first-order valence-electron chi connectivity index (χ1n) is 6.68. The summed E-state index contributed by atoms with van der Waals surface area (Å²) in [7, 11) is 0. The van der Waals surface area contributed by atoms with Crippen LogP contribution in [-0.2, 0) is 11.3 Å². The van der Waals surface area contributed by atoms with Crippen molar-refractivity contribution in [3.63, 3.8) is 0 Å². The molecule has 2 rings (SSSR count). The minimum Gasteiger partial charge on any atom is -0.379 e. The number of ether oxygens (including phenoxy) is 1. The Morgan fingerprint density at radius 2 is 2.55 bits per heavy atom. The number of urea groups is 1. The molecule has 2 heterocycles. The summed E-state index contributed by atoms with van der Waals surface area (Å²) in [6, 6.07) is 5.74. The lowest BCUT2D eigenvalue weighted by atomic mass is 10.2. The van der Waals surface area contributed by atoms with Crippen LogP contribution in [0.2, 0.25) is 0 Å². The van der Waals surface area contributed by atoms with Crippen LogP contribution in [0.4, 0.5) is 4.79 Å². The highest BCUT2D eigenvalue weighted by Gasteiger charge is 2.21. The first-order chi connectivity index (χ1) is 9.79. The van der Waals surface area contributed by atoms with Crippen LogP contribution < -0.4 is 5.32 Å². The lowest BCUT2D eigenvalue weighted by molar-refractivity contribution is 0.177. The van der Waals surface area contributed by atoms with Crippen LogP contribution in [-0.4, -0.2) is 41.7 Å². The Morgan fingerprint density at radius 3 is 3.20 bits per heavy atom. The number of nitrogens with one attached hydrogen (secondary N) is 1. The monoisotopic (exact) mass is 274 g/mol. The average Bonchev–Trinajstić information content (AvgIpc) is 2.97. The van der Waals surface area contributed by atoms with Crippen molar-refractivity contribution >= 4 is 6.03 Å². The summed E-state index contributed by atoms with van der Waals surface area (Å²) in [4.78, 5) is 17.9. The summed E-state index contributed by atoms with van der Waals surface area (Å²) < 4.78 is 5.24. The molecule has 1 N–H and O–H groups in total. The van der Waals surface area contributed by atoms with E-state index in [0.29, 0.717) is 32.7 Å². The molecule has 1 aromatic heterocycles. The number of aromatic nitrogens is 1. The molecule has 1 atom stereocenters. The number of carbonyl (C=O) groups is 1. The van der Waals surface area contributed by atoms with Gasteiger partial charge in [-0.3, -0.25) is 4.98 Å². The largest absolute Gasteiger partial charge is 0.379 e. The Hall–Kier alpha value is -2.13. The van der Waals surface area contributed by atoms with Crippen molar-refractivity contribution in [3.05, 3.63) is 30.1 Å². The van der Waals surface area contributed by atoms with Crippen molar-refractivity contribution in [2.75, 3.05) is 19.8 Å². The van der Waals surface area contributed by atoms with Crippen LogP contribution in [0.5, 0.6) is 0 Å². The van der Waals surface area contributed by atoms with Crippen molar-refractivity contribution in [2.45, 2.75) is 25.4 Å². The number of amides is 2. The molecule has 1 aliphatic rings. The number of carbonyl (C=O) groups excluding carboxylic acids is 1. The quantitative estimate of drug-likeness (QED) is 0.877. The Labute approximate surface area is 118 Å². The molecule has 6 nitrogen and oxygen atoms in total. The third-order valence-electron chi connectivity index (χ3n) is 3.13. The van der Waals surface area contributed by atoms with Gasteiger partial charge in [-0.15, -0.1) is 0 Å². The van der Waals surface area contributed by atoms with E-state index >= 15 is 0 Å². The van der Waals surface area contributed by atoms with Gasteiger partial charge in [0, 0.05) is 32.1 Å². The third kappa shape index (κ3) is 4.21. The maximum atomic E-state index is 12.2. The van der Waals surface area contributed by atoms with Crippen molar-refractivity contribution < 1.29 is 9.53 Å². The smallest absolute Gasteiger partial charge is 0.318 e. The first kappa shape index (κ1) is 14.3. The van der Waals surface area contributed by atoms with Gasteiger partial charge in [0.1, 0.15) is 0 Å². The summed E-state index contributed by atoms with van der Waals surface area (Å²) >= 11 is 0.